The van der Waals surface area contributed by atoms with E-state index in [-0.39, 0.29) is 11.8 Å². The van der Waals surface area contributed by atoms with Crippen LogP contribution in [0.2, 0.25) is 0 Å². The molecule has 0 spiro atoms. The molecule has 1 aliphatic heterocycles. The highest BCUT2D eigenvalue weighted by Gasteiger charge is 2.26. The molecule has 0 radical (unpaired) electrons. The number of pyridine rings is 1. The Morgan fingerprint density at radius 2 is 1.89 bits per heavy atom. The van der Waals surface area contributed by atoms with Gasteiger partial charge in [0, 0.05) is 52.6 Å². The lowest BCUT2D eigenvalue weighted by Gasteiger charge is -2.34. The second-order valence-electron chi connectivity index (χ2n) is 6.27. The zero-order valence-electron chi connectivity index (χ0n) is 15.4. The van der Waals surface area contributed by atoms with Crippen molar-refractivity contribution in [1.29, 1.82) is 0 Å². The fourth-order valence-corrected chi connectivity index (χ4v) is 2.91. The Balaban J connectivity index is 1.49. The van der Waals surface area contributed by atoms with E-state index < -0.39 is 0 Å². The lowest BCUT2D eigenvalue weighted by molar-refractivity contribution is 0.0518. The summed E-state index contributed by atoms with van der Waals surface area (Å²) in [6, 6.07) is 6.91. The molecule has 3 rings (SSSR count). The number of rotatable bonds is 7. The van der Waals surface area contributed by atoms with Crippen LogP contribution in [0, 0.1) is 0 Å². The van der Waals surface area contributed by atoms with Crippen LogP contribution in [0.25, 0.3) is 0 Å². The Labute approximate surface area is 158 Å². The minimum Gasteiger partial charge on any atom is -0.459 e. The van der Waals surface area contributed by atoms with Crippen molar-refractivity contribution in [2.24, 2.45) is 0 Å². The van der Waals surface area contributed by atoms with Gasteiger partial charge in [-0.05, 0) is 30.7 Å². The zero-order chi connectivity index (χ0) is 19.1. The summed E-state index contributed by atoms with van der Waals surface area (Å²) in [7, 11) is 1.67. The van der Waals surface area contributed by atoms with E-state index in [4.69, 9.17) is 9.15 Å². The number of methoxy groups -OCH3 is 1. The van der Waals surface area contributed by atoms with Crippen molar-refractivity contribution in [2.45, 2.75) is 6.42 Å². The Bertz CT molecular complexity index is 738. The van der Waals surface area contributed by atoms with Crippen LogP contribution in [0.3, 0.4) is 0 Å². The fraction of sp³-hybridized carbons (Fsp3) is 0.421. The number of piperazine rings is 1. The number of anilines is 1. The Kier molecular flexibility index (Phi) is 6.43. The molecule has 27 heavy (non-hydrogen) atoms. The molecule has 0 unspecified atom stereocenters. The van der Waals surface area contributed by atoms with E-state index in [1.807, 2.05) is 0 Å². The molecular weight excluding hydrogens is 348 g/mol. The van der Waals surface area contributed by atoms with Gasteiger partial charge in [0.1, 0.15) is 5.82 Å². The maximum absolute atomic E-state index is 12.6. The maximum atomic E-state index is 12.6. The van der Waals surface area contributed by atoms with Gasteiger partial charge >= 0.3 is 0 Å². The molecule has 1 N–H and O–H groups in total. The molecule has 1 aliphatic rings. The minimum atomic E-state index is -0.141. The zero-order valence-corrected chi connectivity index (χ0v) is 15.4. The Morgan fingerprint density at radius 3 is 2.48 bits per heavy atom. The van der Waals surface area contributed by atoms with E-state index in [1.54, 1.807) is 47.4 Å². The molecule has 0 bridgehead atoms. The van der Waals surface area contributed by atoms with Crippen LogP contribution in [0.15, 0.2) is 41.1 Å². The molecule has 8 heteroatoms. The summed E-state index contributed by atoms with van der Waals surface area (Å²) in [4.78, 5) is 32.7. The van der Waals surface area contributed by atoms with E-state index in [9.17, 15) is 9.59 Å². The van der Waals surface area contributed by atoms with Gasteiger partial charge in [0.25, 0.3) is 11.8 Å². The minimum absolute atomic E-state index is 0.0708. The number of hydrogen-bond donors (Lipinski definition) is 1. The second-order valence-corrected chi connectivity index (χ2v) is 6.27. The third-order valence-electron chi connectivity index (χ3n) is 4.43. The first-order valence-electron chi connectivity index (χ1n) is 9.00. The quantitative estimate of drug-likeness (QED) is 0.745. The number of carbonyl (C=O) groups is 2. The number of carbonyl (C=O) groups excluding carboxylic acids is 2. The van der Waals surface area contributed by atoms with Gasteiger partial charge in [-0.2, -0.15) is 0 Å². The topological polar surface area (TPSA) is 87.9 Å². The van der Waals surface area contributed by atoms with Crippen molar-refractivity contribution in [3.8, 4) is 0 Å². The first-order chi connectivity index (χ1) is 13.2. The van der Waals surface area contributed by atoms with Gasteiger partial charge in [0.05, 0.1) is 11.8 Å². The van der Waals surface area contributed by atoms with Gasteiger partial charge in [-0.1, -0.05) is 0 Å². The van der Waals surface area contributed by atoms with Gasteiger partial charge in [-0.25, -0.2) is 4.98 Å². The number of ether oxygens (including phenoxy) is 1. The predicted molar refractivity (Wildman–Crippen MR) is 99.7 cm³/mol. The van der Waals surface area contributed by atoms with Crippen LogP contribution in [-0.4, -0.2) is 73.0 Å². The number of hydrogen-bond acceptors (Lipinski definition) is 6. The van der Waals surface area contributed by atoms with Crippen LogP contribution < -0.4 is 5.32 Å². The van der Waals surface area contributed by atoms with Crippen molar-refractivity contribution >= 4 is 17.6 Å². The molecule has 0 saturated carbocycles. The normalized spacial score (nSPS) is 14.3. The van der Waals surface area contributed by atoms with Crippen LogP contribution in [-0.2, 0) is 4.74 Å². The molecular formula is C19H24N4O4. The van der Waals surface area contributed by atoms with Gasteiger partial charge in [-0.3, -0.25) is 9.59 Å². The highest BCUT2D eigenvalue weighted by atomic mass is 16.5. The van der Waals surface area contributed by atoms with Crippen LogP contribution in [0.5, 0.6) is 0 Å². The van der Waals surface area contributed by atoms with Crippen molar-refractivity contribution in [3.63, 3.8) is 0 Å². The van der Waals surface area contributed by atoms with Gasteiger partial charge in [0.2, 0.25) is 0 Å². The summed E-state index contributed by atoms with van der Waals surface area (Å²) in [5.74, 6) is 0.847. The fourth-order valence-electron chi connectivity index (χ4n) is 2.91. The lowest BCUT2D eigenvalue weighted by Crippen LogP contribution is -2.50. The SMILES string of the molecule is COCCCNc1ccc(C(=O)N2CCN(C(=O)c3ccco3)CC2)cn1. The number of nitrogens with zero attached hydrogens (tertiary/aromatic N) is 3. The average molecular weight is 372 g/mol. The third kappa shape index (κ3) is 4.85. The van der Waals surface area contributed by atoms with Crippen molar-refractivity contribution in [1.82, 2.24) is 14.8 Å². The molecule has 8 nitrogen and oxygen atoms in total. The number of amides is 2. The maximum Gasteiger partial charge on any atom is 0.289 e. The highest BCUT2D eigenvalue weighted by Crippen LogP contribution is 2.13. The van der Waals surface area contributed by atoms with E-state index in [1.165, 1.54) is 6.26 Å². The smallest absolute Gasteiger partial charge is 0.289 e. The van der Waals surface area contributed by atoms with Crippen LogP contribution in [0.1, 0.15) is 27.3 Å². The third-order valence-corrected chi connectivity index (χ3v) is 4.43. The molecule has 1 saturated heterocycles. The van der Waals surface area contributed by atoms with Gasteiger partial charge < -0.3 is 24.3 Å². The standard InChI is InChI=1S/C19H24N4O4/c1-26-12-3-7-20-17-6-5-15(14-21-17)18(24)22-8-10-23(11-9-22)19(25)16-4-2-13-27-16/h2,4-6,13-14H,3,7-12H2,1H3,(H,20,21). The Morgan fingerprint density at radius 1 is 1.15 bits per heavy atom. The molecule has 2 amide bonds. The summed E-state index contributed by atoms with van der Waals surface area (Å²) in [6.45, 7) is 3.40. The van der Waals surface area contributed by atoms with E-state index in [2.05, 4.69) is 10.3 Å². The molecule has 0 aromatic carbocycles. The highest BCUT2D eigenvalue weighted by molar-refractivity contribution is 5.95. The second kappa shape index (κ2) is 9.18. The summed E-state index contributed by atoms with van der Waals surface area (Å²) in [5, 5.41) is 3.19. The van der Waals surface area contributed by atoms with Gasteiger partial charge in [-0.15, -0.1) is 0 Å². The summed E-state index contributed by atoms with van der Waals surface area (Å²) in [5.41, 5.74) is 0.545. The van der Waals surface area contributed by atoms with Crippen molar-refractivity contribution in [3.05, 3.63) is 48.0 Å². The van der Waals surface area contributed by atoms with Crippen LogP contribution in [0.4, 0.5) is 5.82 Å². The van der Waals surface area contributed by atoms with E-state index in [0.717, 1.165) is 18.8 Å². The van der Waals surface area contributed by atoms with E-state index >= 15 is 0 Å². The molecule has 0 aliphatic carbocycles. The molecule has 2 aromatic rings. The first-order valence-corrected chi connectivity index (χ1v) is 9.00. The lowest BCUT2D eigenvalue weighted by atomic mass is 10.2. The molecule has 2 aromatic heterocycles. The molecule has 144 valence electrons. The summed E-state index contributed by atoms with van der Waals surface area (Å²) in [6.07, 6.45) is 3.96. The van der Waals surface area contributed by atoms with E-state index in [0.29, 0.717) is 44.1 Å². The number of furan rings is 1. The first kappa shape index (κ1) is 18.9. The van der Waals surface area contributed by atoms with Gasteiger partial charge in [0.15, 0.2) is 5.76 Å². The van der Waals surface area contributed by atoms with Crippen molar-refractivity contribution in [2.75, 3.05) is 51.8 Å². The monoisotopic (exact) mass is 372 g/mol. The molecule has 1 fully saturated rings. The summed E-state index contributed by atoms with van der Waals surface area (Å²) < 4.78 is 10.2. The van der Waals surface area contributed by atoms with Crippen LogP contribution >= 0.6 is 0 Å². The molecule has 3 heterocycles. The number of aromatic nitrogens is 1. The predicted octanol–water partition coefficient (Wildman–Crippen LogP) is 1.72. The summed E-state index contributed by atoms with van der Waals surface area (Å²) >= 11 is 0. The molecule has 0 atom stereocenters. The van der Waals surface area contributed by atoms with Crippen molar-refractivity contribution < 1.29 is 18.7 Å². The Hall–Kier alpha value is -2.87. The average Bonchev–Trinajstić information content (AvgIpc) is 3.26. The number of nitrogens with one attached hydrogen (secondary N) is 1. The largest absolute Gasteiger partial charge is 0.459 e.